The third-order valence-electron chi connectivity index (χ3n) is 3.60. The van der Waals surface area contributed by atoms with Crippen molar-refractivity contribution in [3.8, 4) is 17.2 Å². The Morgan fingerprint density at radius 3 is 2.65 bits per heavy atom. The fourth-order valence-electron chi connectivity index (χ4n) is 2.40. The summed E-state index contributed by atoms with van der Waals surface area (Å²) in [7, 11) is 4.03. The SMILES string of the molecule is CCNC(=NCc1cc2c(cc1OC(F)F)OCO2)NCCCN(C)C. The molecule has 0 saturated carbocycles. The third kappa shape index (κ3) is 6.21. The Balaban J connectivity index is 2.06. The van der Waals surface area contributed by atoms with Crippen LogP contribution in [0.1, 0.15) is 18.9 Å². The molecule has 0 amide bonds. The van der Waals surface area contributed by atoms with Crippen LogP contribution in [-0.4, -0.2) is 58.0 Å². The molecule has 0 spiro atoms. The Morgan fingerprint density at radius 2 is 2.00 bits per heavy atom. The second-order valence-corrected chi connectivity index (χ2v) is 5.97. The van der Waals surface area contributed by atoms with Crippen LogP contribution in [0.4, 0.5) is 8.78 Å². The van der Waals surface area contributed by atoms with Crippen LogP contribution in [0.3, 0.4) is 0 Å². The highest BCUT2D eigenvalue weighted by atomic mass is 19.3. The van der Waals surface area contributed by atoms with Gasteiger partial charge in [-0.25, -0.2) is 4.99 Å². The first-order valence-electron chi connectivity index (χ1n) is 8.53. The van der Waals surface area contributed by atoms with Crippen LogP contribution < -0.4 is 24.8 Å². The van der Waals surface area contributed by atoms with Crippen LogP contribution in [-0.2, 0) is 6.54 Å². The number of alkyl halides is 2. The molecule has 0 aliphatic carbocycles. The molecule has 0 aromatic heterocycles. The summed E-state index contributed by atoms with van der Waals surface area (Å²) in [5.74, 6) is 1.55. The van der Waals surface area contributed by atoms with E-state index in [0.717, 1.165) is 19.5 Å². The molecular formula is C17H26F2N4O3. The van der Waals surface area contributed by atoms with Gasteiger partial charge in [0.05, 0.1) is 6.54 Å². The van der Waals surface area contributed by atoms with Crippen LogP contribution in [0.15, 0.2) is 17.1 Å². The maximum atomic E-state index is 12.7. The number of nitrogens with one attached hydrogen (secondary N) is 2. The van der Waals surface area contributed by atoms with E-state index < -0.39 is 6.61 Å². The van der Waals surface area contributed by atoms with E-state index in [4.69, 9.17) is 9.47 Å². The summed E-state index contributed by atoms with van der Waals surface area (Å²) >= 11 is 0. The molecule has 1 aromatic rings. The van der Waals surface area contributed by atoms with Gasteiger partial charge in [0.1, 0.15) is 5.75 Å². The molecule has 1 heterocycles. The number of ether oxygens (including phenoxy) is 3. The molecular weight excluding hydrogens is 346 g/mol. The van der Waals surface area contributed by atoms with Crippen molar-refractivity contribution in [3.63, 3.8) is 0 Å². The van der Waals surface area contributed by atoms with Crippen LogP contribution in [0.5, 0.6) is 17.2 Å². The summed E-state index contributed by atoms with van der Waals surface area (Å²) in [5, 5.41) is 6.36. The van der Waals surface area contributed by atoms with E-state index in [1.54, 1.807) is 6.07 Å². The predicted octanol–water partition coefficient (Wildman–Crippen LogP) is 2.02. The maximum absolute atomic E-state index is 12.7. The van der Waals surface area contributed by atoms with Gasteiger partial charge in [0, 0.05) is 24.7 Å². The minimum Gasteiger partial charge on any atom is -0.454 e. The molecule has 146 valence electrons. The topological polar surface area (TPSA) is 67.4 Å². The molecule has 0 saturated heterocycles. The van der Waals surface area contributed by atoms with Crippen molar-refractivity contribution < 1.29 is 23.0 Å². The number of halogens is 2. The van der Waals surface area contributed by atoms with Gasteiger partial charge in [-0.05, 0) is 40.1 Å². The lowest BCUT2D eigenvalue weighted by atomic mass is 10.1. The molecule has 0 radical (unpaired) electrons. The van der Waals surface area contributed by atoms with Gasteiger partial charge in [-0.15, -0.1) is 0 Å². The van der Waals surface area contributed by atoms with E-state index in [2.05, 4.69) is 25.3 Å². The Morgan fingerprint density at radius 1 is 1.27 bits per heavy atom. The standard InChI is InChI=1S/C17H26F2N4O3/c1-4-20-17(21-6-5-7-23(2)3)22-10-12-8-14-15(25-11-24-14)9-13(12)26-16(18)19/h8-9,16H,4-7,10-11H2,1-3H3,(H2,20,21,22). The first-order chi connectivity index (χ1) is 12.5. The Hall–Kier alpha value is -2.29. The summed E-state index contributed by atoms with van der Waals surface area (Å²) in [4.78, 5) is 6.56. The van der Waals surface area contributed by atoms with Gasteiger partial charge in [-0.2, -0.15) is 8.78 Å². The van der Waals surface area contributed by atoms with Crippen molar-refractivity contribution in [2.45, 2.75) is 26.5 Å². The average molecular weight is 372 g/mol. The highest BCUT2D eigenvalue weighted by molar-refractivity contribution is 5.79. The quantitative estimate of drug-likeness (QED) is 0.393. The van der Waals surface area contributed by atoms with Crippen molar-refractivity contribution in [2.24, 2.45) is 4.99 Å². The van der Waals surface area contributed by atoms with E-state index in [1.807, 2.05) is 21.0 Å². The molecule has 26 heavy (non-hydrogen) atoms. The van der Waals surface area contributed by atoms with Gasteiger partial charge < -0.3 is 29.7 Å². The number of benzene rings is 1. The van der Waals surface area contributed by atoms with Crippen LogP contribution >= 0.6 is 0 Å². The first kappa shape index (κ1) is 20.0. The van der Waals surface area contributed by atoms with Gasteiger partial charge in [0.15, 0.2) is 17.5 Å². The van der Waals surface area contributed by atoms with E-state index in [9.17, 15) is 8.78 Å². The Labute approximate surface area is 152 Å². The normalized spacial score (nSPS) is 13.4. The van der Waals surface area contributed by atoms with Crippen molar-refractivity contribution >= 4 is 5.96 Å². The number of guanidine groups is 1. The minimum absolute atomic E-state index is 0.0384. The van der Waals surface area contributed by atoms with Crippen molar-refractivity contribution in [1.82, 2.24) is 15.5 Å². The summed E-state index contributed by atoms with van der Waals surface area (Å²) in [6, 6.07) is 3.04. The van der Waals surface area contributed by atoms with E-state index in [1.165, 1.54) is 6.07 Å². The van der Waals surface area contributed by atoms with E-state index in [0.29, 0.717) is 29.6 Å². The predicted molar refractivity (Wildman–Crippen MR) is 95.2 cm³/mol. The zero-order valence-corrected chi connectivity index (χ0v) is 15.3. The van der Waals surface area contributed by atoms with Gasteiger partial charge in [0.25, 0.3) is 0 Å². The summed E-state index contributed by atoms with van der Waals surface area (Å²) in [5.41, 5.74) is 0.500. The molecule has 0 bridgehead atoms. The second-order valence-electron chi connectivity index (χ2n) is 5.97. The molecule has 2 N–H and O–H groups in total. The summed E-state index contributed by atoms with van der Waals surface area (Å²) in [6.45, 7) is 1.68. The lowest BCUT2D eigenvalue weighted by Crippen LogP contribution is -2.38. The Bertz CT molecular complexity index is 612. The van der Waals surface area contributed by atoms with Gasteiger partial charge in [-0.1, -0.05) is 0 Å². The second kappa shape index (κ2) is 10.0. The van der Waals surface area contributed by atoms with E-state index >= 15 is 0 Å². The van der Waals surface area contributed by atoms with Crippen molar-refractivity contribution in [1.29, 1.82) is 0 Å². The average Bonchev–Trinajstić information content (AvgIpc) is 3.02. The molecule has 9 heteroatoms. The zero-order chi connectivity index (χ0) is 18.9. The summed E-state index contributed by atoms with van der Waals surface area (Å²) < 4.78 is 40.5. The zero-order valence-electron chi connectivity index (χ0n) is 15.3. The number of nitrogens with zero attached hydrogens (tertiary/aromatic N) is 2. The monoisotopic (exact) mass is 372 g/mol. The van der Waals surface area contributed by atoms with Crippen LogP contribution in [0.25, 0.3) is 0 Å². The largest absolute Gasteiger partial charge is 0.454 e. The fourth-order valence-corrected chi connectivity index (χ4v) is 2.40. The Kier molecular flexibility index (Phi) is 7.71. The van der Waals surface area contributed by atoms with Gasteiger partial charge in [-0.3, -0.25) is 0 Å². The summed E-state index contributed by atoms with van der Waals surface area (Å²) in [6.07, 6.45) is 0.960. The lowest BCUT2D eigenvalue weighted by Gasteiger charge is -2.14. The number of fused-ring (bicyclic) bond motifs is 1. The van der Waals surface area contributed by atoms with E-state index in [-0.39, 0.29) is 19.1 Å². The highest BCUT2D eigenvalue weighted by Gasteiger charge is 2.20. The van der Waals surface area contributed by atoms with Crippen molar-refractivity contribution in [2.75, 3.05) is 40.5 Å². The molecule has 0 atom stereocenters. The van der Waals surface area contributed by atoms with Gasteiger partial charge >= 0.3 is 6.61 Å². The molecule has 0 unspecified atom stereocenters. The van der Waals surface area contributed by atoms with Gasteiger partial charge in [0.2, 0.25) is 6.79 Å². The van der Waals surface area contributed by atoms with Crippen LogP contribution in [0.2, 0.25) is 0 Å². The number of hydrogen-bond acceptors (Lipinski definition) is 5. The number of rotatable bonds is 9. The van der Waals surface area contributed by atoms with Crippen molar-refractivity contribution in [3.05, 3.63) is 17.7 Å². The maximum Gasteiger partial charge on any atom is 0.387 e. The molecule has 1 aliphatic rings. The minimum atomic E-state index is -2.92. The van der Waals surface area contributed by atoms with Crippen LogP contribution in [0, 0.1) is 0 Å². The smallest absolute Gasteiger partial charge is 0.387 e. The molecule has 0 fully saturated rings. The molecule has 1 aliphatic heterocycles. The molecule has 1 aromatic carbocycles. The lowest BCUT2D eigenvalue weighted by molar-refractivity contribution is -0.0505. The highest BCUT2D eigenvalue weighted by Crippen LogP contribution is 2.38. The molecule has 7 nitrogen and oxygen atoms in total. The number of aliphatic imine (C=N–C) groups is 1. The molecule has 2 rings (SSSR count). The first-order valence-corrected chi connectivity index (χ1v) is 8.53. The fraction of sp³-hybridized carbons (Fsp3) is 0.588. The number of hydrogen-bond donors (Lipinski definition) is 2. The third-order valence-corrected chi connectivity index (χ3v) is 3.60.